The number of thiophene rings is 1. The number of hydrogen-bond acceptors (Lipinski definition) is 3. The summed E-state index contributed by atoms with van der Waals surface area (Å²) in [6.07, 6.45) is 2.09. The fourth-order valence-corrected chi connectivity index (χ4v) is 6.04. The van der Waals surface area contributed by atoms with E-state index in [-0.39, 0.29) is 11.9 Å². The summed E-state index contributed by atoms with van der Waals surface area (Å²) in [5.74, 6) is 0.0528. The van der Waals surface area contributed by atoms with Gasteiger partial charge in [-0.05, 0) is 67.5 Å². The van der Waals surface area contributed by atoms with Crippen molar-refractivity contribution in [2.45, 2.75) is 46.6 Å². The molecule has 0 fully saturated rings. The van der Waals surface area contributed by atoms with Gasteiger partial charge in [0.25, 0.3) is 0 Å². The Hall–Kier alpha value is -2.43. The topological polar surface area (TPSA) is 32.3 Å². The van der Waals surface area contributed by atoms with E-state index in [0.717, 1.165) is 36.2 Å². The summed E-state index contributed by atoms with van der Waals surface area (Å²) in [5, 5.41) is 3.14. The fourth-order valence-electron chi connectivity index (χ4n) is 4.57. The Morgan fingerprint density at radius 1 is 1.13 bits per heavy atom. The Bertz CT molecular complexity index is 1050. The Kier molecular flexibility index (Phi) is 6.07. The van der Waals surface area contributed by atoms with Crippen molar-refractivity contribution in [2.75, 3.05) is 18.4 Å². The van der Waals surface area contributed by atoms with E-state index in [0.29, 0.717) is 6.54 Å². The molecule has 0 unspecified atom stereocenters. The van der Waals surface area contributed by atoms with Crippen molar-refractivity contribution in [2.24, 2.45) is 0 Å². The lowest BCUT2D eigenvalue weighted by molar-refractivity contribution is -0.117. The van der Waals surface area contributed by atoms with Gasteiger partial charge in [-0.25, -0.2) is 0 Å². The van der Waals surface area contributed by atoms with Crippen LogP contribution in [0.3, 0.4) is 0 Å². The van der Waals surface area contributed by atoms with Crippen molar-refractivity contribution < 1.29 is 4.79 Å². The van der Waals surface area contributed by atoms with Crippen molar-refractivity contribution in [1.82, 2.24) is 4.90 Å². The van der Waals surface area contributed by atoms with Gasteiger partial charge < -0.3 is 5.32 Å². The van der Waals surface area contributed by atoms with Crippen LogP contribution in [0, 0.1) is 20.8 Å². The summed E-state index contributed by atoms with van der Waals surface area (Å²) in [6, 6.07) is 17.0. The Morgan fingerprint density at radius 2 is 1.90 bits per heavy atom. The SMILES string of the molecule is CCc1c(C)sc2c1CCN(CC(=O)Nc1cc(C)ccc1C)[C@@H]2c1ccccc1. The molecule has 3 aromatic rings. The zero-order valence-electron chi connectivity index (χ0n) is 18.3. The minimum absolute atomic E-state index is 0.0528. The molecule has 3 nitrogen and oxygen atoms in total. The highest BCUT2D eigenvalue weighted by atomic mass is 32.1. The summed E-state index contributed by atoms with van der Waals surface area (Å²) in [7, 11) is 0. The average Bonchev–Trinajstić information content (AvgIpc) is 3.06. The Balaban J connectivity index is 1.63. The molecule has 1 aliphatic rings. The van der Waals surface area contributed by atoms with E-state index in [2.05, 4.69) is 73.5 Å². The molecular weight excluding hydrogens is 388 g/mol. The lowest BCUT2D eigenvalue weighted by Crippen LogP contribution is -2.40. The van der Waals surface area contributed by atoms with E-state index in [4.69, 9.17) is 0 Å². The standard InChI is InChI=1S/C26H30N2OS/c1-5-21-19(4)30-26-22(21)13-14-28(25(26)20-9-7-6-8-10-20)16-24(29)27-23-15-17(2)11-12-18(23)3/h6-12,15,25H,5,13-14,16H2,1-4H3,(H,27,29)/t25-/m1/s1. The second-order valence-electron chi connectivity index (χ2n) is 8.23. The van der Waals surface area contributed by atoms with Crippen molar-refractivity contribution in [3.05, 3.63) is 86.1 Å². The maximum atomic E-state index is 13.0. The molecule has 1 aromatic heterocycles. The Morgan fingerprint density at radius 3 is 2.63 bits per heavy atom. The summed E-state index contributed by atoms with van der Waals surface area (Å²) in [5.41, 5.74) is 7.45. The molecule has 0 radical (unpaired) electrons. The minimum atomic E-state index is 0.0528. The quantitative estimate of drug-likeness (QED) is 0.566. The zero-order valence-corrected chi connectivity index (χ0v) is 19.1. The third-order valence-electron chi connectivity index (χ3n) is 6.09. The zero-order chi connectivity index (χ0) is 21.3. The van der Waals surface area contributed by atoms with Gasteiger partial charge in [-0.2, -0.15) is 0 Å². The molecule has 0 spiro atoms. The van der Waals surface area contributed by atoms with Gasteiger partial charge >= 0.3 is 0 Å². The maximum Gasteiger partial charge on any atom is 0.238 e. The number of aryl methyl sites for hydroxylation is 3. The fraction of sp³-hybridized carbons (Fsp3) is 0.346. The lowest BCUT2D eigenvalue weighted by atomic mass is 9.91. The van der Waals surface area contributed by atoms with Crippen molar-refractivity contribution in [3.8, 4) is 0 Å². The molecule has 1 aliphatic heterocycles. The van der Waals surface area contributed by atoms with Crippen molar-refractivity contribution in [1.29, 1.82) is 0 Å². The maximum absolute atomic E-state index is 13.0. The van der Waals surface area contributed by atoms with Gasteiger partial charge in [0, 0.05) is 22.0 Å². The van der Waals surface area contributed by atoms with Crippen molar-refractivity contribution in [3.63, 3.8) is 0 Å². The van der Waals surface area contributed by atoms with Gasteiger partial charge in [0.05, 0.1) is 12.6 Å². The molecule has 30 heavy (non-hydrogen) atoms. The first-order chi connectivity index (χ1) is 14.5. The molecule has 1 atom stereocenters. The Labute approximate surface area is 183 Å². The van der Waals surface area contributed by atoms with Gasteiger partial charge in [-0.15, -0.1) is 11.3 Å². The molecule has 0 bridgehead atoms. The van der Waals surface area contributed by atoms with Crippen LogP contribution >= 0.6 is 11.3 Å². The molecule has 2 aromatic carbocycles. The van der Waals surface area contributed by atoms with Crippen LogP contribution in [0.2, 0.25) is 0 Å². The van der Waals surface area contributed by atoms with Crippen LogP contribution in [0.5, 0.6) is 0 Å². The monoisotopic (exact) mass is 418 g/mol. The van der Waals surface area contributed by atoms with Gasteiger partial charge in [-0.3, -0.25) is 9.69 Å². The number of carbonyl (C=O) groups excluding carboxylic acids is 1. The second-order valence-corrected chi connectivity index (χ2v) is 9.49. The van der Waals surface area contributed by atoms with E-state index >= 15 is 0 Å². The number of anilines is 1. The van der Waals surface area contributed by atoms with Crippen LogP contribution in [-0.2, 0) is 17.6 Å². The smallest absolute Gasteiger partial charge is 0.238 e. The number of carbonyl (C=O) groups is 1. The molecular formula is C26H30N2OS. The first-order valence-corrected chi connectivity index (χ1v) is 11.6. The van der Waals surface area contributed by atoms with E-state index in [1.807, 2.05) is 24.3 Å². The van der Waals surface area contributed by atoms with E-state index in [9.17, 15) is 4.79 Å². The number of nitrogens with one attached hydrogen (secondary N) is 1. The first kappa shape index (κ1) is 20.8. The number of hydrogen-bond donors (Lipinski definition) is 1. The molecule has 1 amide bonds. The van der Waals surface area contributed by atoms with Gasteiger partial charge in [0.1, 0.15) is 0 Å². The third-order valence-corrected chi connectivity index (χ3v) is 7.34. The number of fused-ring (bicyclic) bond motifs is 1. The van der Waals surface area contributed by atoms with E-state index in [1.165, 1.54) is 26.4 Å². The highest BCUT2D eigenvalue weighted by Crippen LogP contribution is 2.42. The normalized spacial score (nSPS) is 16.3. The summed E-state index contributed by atoms with van der Waals surface area (Å²) >= 11 is 1.91. The first-order valence-electron chi connectivity index (χ1n) is 10.7. The van der Waals surface area contributed by atoms with E-state index in [1.54, 1.807) is 0 Å². The summed E-state index contributed by atoms with van der Waals surface area (Å²) < 4.78 is 0. The minimum Gasteiger partial charge on any atom is -0.325 e. The number of amides is 1. The summed E-state index contributed by atoms with van der Waals surface area (Å²) in [6.45, 7) is 9.87. The molecule has 0 aliphatic carbocycles. The molecule has 0 saturated carbocycles. The van der Waals surface area contributed by atoms with Crippen molar-refractivity contribution >= 4 is 22.9 Å². The molecule has 1 N–H and O–H groups in total. The van der Waals surface area contributed by atoms with Crippen LogP contribution in [0.15, 0.2) is 48.5 Å². The predicted octanol–water partition coefficient (Wildman–Crippen LogP) is 5.82. The predicted molar refractivity (Wildman–Crippen MR) is 127 cm³/mol. The van der Waals surface area contributed by atoms with Crippen LogP contribution in [0.1, 0.15) is 50.5 Å². The van der Waals surface area contributed by atoms with E-state index < -0.39 is 0 Å². The number of benzene rings is 2. The largest absolute Gasteiger partial charge is 0.325 e. The highest BCUT2D eigenvalue weighted by Gasteiger charge is 2.33. The average molecular weight is 419 g/mol. The van der Waals surface area contributed by atoms with Gasteiger partial charge in [0.2, 0.25) is 5.91 Å². The number of nitrogens with zero attached hydrogens (tertiary/aromatic N) is 1. The third kappa shape index (κ3) is 4.07. The molecule has 0 saturated heterocycles. The molecule has 2 heterocycles. The van der Waals surface area contributed by atoms with Gasteiger partial charge in [0.15, 0.2) is 0 Å². The highest BCUT2D eigenvalue weighted by molar-refractivity contribution is 7.12. The molecule has 4 heteroatoms. The van der Waals surface area contributed by atoms with Crippen LogP contribution < -0.4 is 5.32 Å². The van der Waals surface area contributed by atoms with Gasteiger partial charge in [-0.1, -0.05) is 49.4 Å². The van der Waals surface area contributed by atoms with Crippen LogP contribution in [0.4, 0.5) is 5.69 Å². The molecule has 4 rings (SSSR count). The second kappa shape index (κ2) is 8.75. The number of rotatable bonds is 5. The lowest BCUT2D eigenvalue weighted by Gasteiger charge is -2.36. The molecule has 156 valence electrons. The summed E-state index contributed by atoms with van der Waals surface area (Å²) in [4.78, 5) is 18.2. The van der Waals surface area contributed by atoms with Crippen LogP contribution in [0.25, 0.3) is 0 Å². The van der Waals surface area contributed by atoms with Crippen LogP contribution in [-0.4, -0.2) is 23.9 Å².